The summed E-state index contributed by atoms with van der Waals surface area (Å²) < 4.78 is 15.9. The molecule has 18 heavy (non-hydrogen) atoms. The van der Waals surface area contributed by atoms with Crippen molar-refractivity contribution in [1.29, 1.82) is 0 Å². The van der Waals surface area contributed by atoms with Gasteiger partial charge in [-0.05, 0) is 26.2 Å². The monoisotopic (exact) mass is 251 g/mol. The first-order valence-electron chi connectivity index (χ1n) is 5.78. The van der Waals surface area contributed by atoms with Crippen LogP contribution in [0.4, 0.5) is 0 Å². The normalized spacial score (nSPS) is 12.9. The molecule has 98 valence electrons. The number of methoxy groups -OCH3 is 1. The van der Waals surface area contributed by atoms with E-state index in [2.05, 4.69) is 0 Å². The Morgan fingerprint density at radius 1 is 1.39 bits per heavy atom. The average molecular weight is 251 g/mol. The molecule has 0 amide bonds. The van der Waals surface area contributed by atoms with E-state index in [-0.39, 0.29) is 12.6 Å². The molecular weight excluding hydrogens is 234 g/mol. The Balaban J connectivity index is 2.25. The van der Waals surface area contributed by atoms with Gasteiger partial charge in [0, 0.05) is 13.0 Å². The van der Waals surface area contributed by atoms with Gasteiger partial charge in [0.05, 0.1) is 12.7 Å². The molecule has 0 N–H and O–H groups in total. The topological polar surface area (TPSA) is 48.0 Å². The van der Waals surface area contributed by atoms with Gasteiger partial charge in [0.1, 0.15) is 0 Å². The summed E-state index contributed by atoms with van der Waals surface area (Å²) in [4.78, 5) is 14.1. The number of nitrogens with zero attached hydrogens (tertiary/aromatic N) is 1. The predicted molar refractivity (Wildman–Crippen MR) is 66.6 cm³/mol. The van der Waals surface area contributed by atoms with Gasteiger partial charge < -0.3 is 19.1 Å². The smallest absolute Gasteiger partial charge is 0.231 e. The molecule has 0 unspecified atom stereocenters. The second-order valence-corrected chi connectivity index (χ2v) is 4.36. The molecule has 1 aliphatic heterocycles. The molecule has 1 aromatic rings. The van der Waals surface area contributed by atoms with Crippen LogP contribution in [-0.4, -0.2) is 45.2 Å². The molecule has 0 spiro atoms. The highest BCUT2D eigenvalue weighted by Gasteiger charge is 2.24. The predicted octanol–water partition coefficient (Wildman–Crippen LogP) is 1.56. The van der Waals surface area contributed by atoms with E-state index in [4.69, 9.17) is 14.2 Å². The number of carbonyl (C=O) groups is 1. The van der Waals surface area contributed by atoms with Crippen LogP contribution in [0.5, 0.6) is 17.2 Å². The quantitative estimate of drug-likeness (QED) is 0.743. The van der Waals surface area contributed by atoms with Gasteiger partial charge in [0.15, 0.2) is 17.3 Å². The summed E-state index contributed by atoms with van der Waals surface area (Å²) in [6.45, 7) is 0.872. The number of benzene rings is 1. The van der Waals surface area contributed by atoms with E-state index in [0.717, 1.165) is 0 Å². The fraction of sp³-hybridized carbons (Fsp3) is 0.462. The number of hydrogen-bond acceptors (Lipinski definition) is 5. The zero-order valence-corrected chi connectivity index (χ0v) is 10.9. The largest absolute Gasteiger partial charge is 0.492 e. The Labute approximate surface area is 106 Å². The minimum absolute atomic E-state index is 0.0406. The van der Waals surface area contributed by atoms with Crippen molar-refractivity contribution in [2.75, 3.05) is 34.5 Å². The van der Waals surface area contributed by atoms with Gasteiger partial charge in [-0.3, -0.25) is 4.79 Å². The molecular formula is C13H17NO4. The van der Waals surface area contributed by atoms with Gasteiger partial charge >= 0.3 is 0 Å². The molecule has 0 aliphatic carbocycles. The summed E-state index contributed by atoms with van der Waals surface area (Å²) in [5.41, 5.74) is 0.545. The maximum Gasteiger partial charge on any atom is 0.231 e. The minimum Gasteiger partial charge on any atom is -0.492 e. The zero-order valence-electron chi connectivity index (χ0n) is 10.9. The standard InChI is InChI=1S/C13H17NO4/c1-14(2)7-6-10(15)9-4-5-11-13(12(9)16-3)18-8-17-11/h4-5H,6-8H2,1-3H3. The van der Waals surface area contributed by atoms with E-state index >= 15 is 0 Å². The van der Waals surface area contributed by atoms with Crippen molar-refractivity contribution in [3.63, 3.8) is 0 Å². The number of fused-ring (bicyclic) bond motifs is 1. The van der Waals surface area contributed by atoms with Crippen molar-refractivity contribution < 1.29 is 19.0 Å². The Hall–Kier alpha value is -1.75. The first-order valence-corrected chi connectivity index (χ1v) is 5.78. The molecule has 0 saturated carbocycles. The van der Waals surface area contributed by atoms with Crippen LogP contribution in [0.15, 0.2) is 12.1 Å². The van der Waals surface area contributed by atoms with Crippen molar-refractivity contribution in [3.05, 3.63) is 17.7 Å². The molecule has 1 aliphatic rings. The molecule has 1 aromatic carbocycles. The van der Waals surface area contributed by atoms with Crippen molar-refractivity contribution in [3.8, 4) is 17.2 Å². The second kappa shape index (κ2) is 5.27. The van der Waals surface area contributed by atoms with Crippen molar-refractivity contribution in [2.45, 2.75) is 6.42 Å². The molecule has 0 saturated heterocycles. The number of rotatable bonds is 5. The van der Waals surface area contributed by atoms with Crippen LogP contribution in [0.1, 0.15) is 16.8 Å². The van der Waals surface area contributed by atoms with Gasteiger partial charge in [0.25, 0.3) is 0 Å². The lowest BCUT2D eigenvalue weighted by molar-refractivity contribution is 0.0968. The van der Waals surface area contributed by atoms with Gasteiger partial charge in [-0.15, -0.1) is 0 Å². The first kappa shape index (κ1) is 12.7. The zero-order chi connectivity index (χ0) is 13.1. The van der Waals surface area contributed by atoms with Gasteiger partial charge in [-0.1, -0.05) is 0 Å². The Morgan fingerprint density at radius 2 is 2.17 bits per heavy atom. The number of Topliss-reactive ketones (excluding diaryl/α,β-unsaturated/α-hetero) is 1. The molecule has 0 fully saturated rings. The summed E-state index contributed by atoms with van der Waals surface area (Å²) in [5, 5.41) is 0. The average Bonchev–Trinajstić information content (AvgIpc) is 2.82. The van der Waals surface area contributed by atoms with Crippen molar-refractivity contribution in [1.82, 2.24) is 4.90 Å². The molecule has 0 bridgehead atoms. The highest BCUT2D eigenvalue weighted by Crippen LogP contribution is 2.43. The molecule has 0 radical (unpaired) electrons. The third-order valence-electron chi connectivity index (χ3n) is 2.78. The Morgan fingerprint density at radius 3 is 2.83 bits per heavy atom. The summed E-state index contributed by atoms with van der Waals surface area (Å²) >= 11 is 0. The lowest BCUT2D eigenvalue weighted by Gasteiger charge is -2.12. The van der Waals surface area contributed by atoms with Crippen LogP contribution >= 0.6 is 0 Å². The highest BCUT2D eigenvalue weighted by molar-refractivity contribution is 6.00. The SMILES string of the molecule is COc1c(C(=O)CCN(C)C)ccc2c1OCO2. The third-order valence-corrected chi connectivity index (χ3v) is 2.78. The summed E-state index contributed by atoms with van der Waals surface area (Å²) in [6.07, 6.45) is 0.447. The molecule has 5 nitrogen and oxygen atoms in total. The second-order valence-electron chi connectivity index (χ2n) is 4.36. The number of hydrogen-bond donors (Lipinski definition) is 0. The fourth-order valence-corrected chi connectivity index (χ4v) is 1.83. The Bertz CT molecular complexity index is 457. The van der Waals surface area contributed by atoms with Crippen molar-refractivity contribution in [2.24, 2.45) is 0 Å². The number of ketones is 1. The lowest BCUT2D eigenvalue weighted by Crippen LogP contribution is -2.17. The Kier molecular flexibility index (Phi) is 3.72. The van der Waals surface area contributed by atoms with E-state index in [9.17, 15) is 4.79 Å². The number of carbonyl (C=O) groups excluding carboxylic acids is 1. The number of ether oxygens (including phenoxy) is 3. The first-order chi connectivity index (χ1) is 8.63. The summed E-state index contributed by atoms with van der Waals surface area (Å²) in [5.74, 6) is 1.65. The van der Waals surface area contributed by atoms with E-state index in [0.29, 0.717) is 35.8 Å². The fourth-order valence-electron chi connectivity index (χ4n) is 1.83. The van der Waals surface area contributed by atoms with E-state index in [1.807, 2.05) is 19.0 Å². The maximum absolute atomic E-state index is 12.1. The summed E-state index contributed by atoms with van der Waals surface area (Å²) in [6, 6.07) is 3.47. The van der Waals surface area contributed by atoms with Crippen LogP contribution < -0.4 is 14.2 Å². The molecule has 0 atom stereocenters. The molecule has 2 rings (SSSR count). The molecule has 1 heterocycles. The van der Waals surface area contributed by atoms with E-state index in [1.54, 1.807) is 12.1 Å². The maximum atomic E-state index is 12.1. The highest BCUT2D eigenvalue weighted by atomic mass is 16.7. The third kappa shape index (κ3) is 2.41. The van der Waals surface area contributed by atoms with Crippen LogP contribution in [0.25, 0.3) is 0 Å². The van der Waals surface area contributed by atoms with Gasteiger partial charge in [-0.25, -0.2) is 0 Å². The van der Waals surface area contributed by atoms with E-state index in [1.165, 1.54) is 7.11 Å². The van der Waals surface area contributed by atoms with Crippen LogP contribution in [0, 0.1) is 0 Å². The van der Waals surface area contributed by atoms with Crippen molar-refractivity contribution >= 4 is 5.78 Å². The summed E-state index contributed by atoms with van der Waals surface area (Å²) in [7, 11) is 5.40. The van der Waals surface area contributed by atoms with Crippen LogP contribution in [0.3, 0.4) is 0 Å². The molecule has 0 aromatic heterocycles. The molecule has 5 heteroatoms. The lowest BCUT2D eigenvalue weighted by atomic mass is 10.1. The van der Waals surface area contributed by atoms with E-state index < -0.39 is 0 Å². The van der Waals surface area contributed by atoms with Gasteiger partial charge in [-0.2, -0.15) is 0 Å². The van der Waals surface area contributed by atoms with Crippen LogP contribution in [-0.2, 0) is 0 Å². The van der Waals surface area contributed by atoms with Crippen LogP contribution in [0.2, 0.25) is 0 Å². The van der Waals surface area contributed by atoms with Gasteiger partial charge in [0.2, 0.25) is 12.5 Å². The minimum atomic E-state index is 0.0406.